The molecule has 53 heavy (non-hydrogen) atoms. The van der Waals surface area contributed by atoms with Crippen molar-refractivity contribution in [3.63, 3.8) is 0 Å². The van der Waals surface area contributed by atoms with Crippen molar-refractivity contribution in [1.29, 1.82) is 0 Å². The van der Waals surface area contributed by atoms with E-state index >= 15 is 0 Å². The van der Waals surface area contributed by atoms with Crippen LogP contribution in [0.2, 0.25) is 0 Å². The monoisotopic (exact) mass is 671 g/mol. The summed E-state index contributed by atoms with van der Waals surface area (Å²) in [6.45, 7) is 0. The van der Waals surface area contributed by atoms with Crippen LogP contribution in [0.5, 0.6) is 0 Å². The van der Waals surface area contributed by atoms with Gasteiger partial charge >= 0.3 is 0 Å². The fourth-order valence-electron chi connectivity index (χ4n) is 9.79. The number of rotatable bonds is 3. The van der Waals surface area contributed by atoms with E-state index < -0.39 is 0 Å². The van der Waals surface area contributed by atoms with Gasteiger partial charge in [-0.25, -0.2) is 0 Å². The Morgan fingerprint density at radius 3 is 1.60 bits per heavy atom. The predicted octanol–water partition coefficient (Wildman–Crippen LogP) is 13.8. The van der Waals surface area contributed by atoms with Gasteiger partial charge in [-0.15, -0.1) is 0 Å². The Labute approximate surface area is 303 Å². The molecule has 0 radical (unpaired) electrons. The van der Waals surface area contributed by atoms with E-state index in [2.05, 4.69) is 190 Å². The minimum Gasteiger partial charge on any atom is -0.308 e. The maximum Gasteiger partial charge on any atom is 0.0782 e. The Kier molecular flexibility index (Phi) is 5.11. The van der Waals surface area contributed by atoms with Crippen LogP contribution in [-0.4, -0.2) is 8.80 Å². The summed E-state index contributed by atoms with van der Waals surface area (Å²) in [4.78, 5) is 2.41. The van der Waals surface area contributed by atoms with Gasteiger partial charge in [-0.1, -0.05) is 127 Å². The standard InChI is InChI=1S/C50H29N3/c1-3-15-32(16-4-1)51(33-17-5-2-6-18-33)43-24-12-23-37-36-21-11-22-38-40-28-45-42(29-44(40)52(48(36)38)49(37)43)46-34-19-9-8-14-31(34)27-41-39-26-25-30-13-7-10-20-35(30)47(39)53(45)50(41)46/h1-29H. The van der Waals surface area contributed by atoms with Gasteiger partial charge in [0.15, 0.2) is 0 Å². The van der Waals surface area contributed by atoms with E-state index in [1.807, 2.05) is 0 Å². The van der Waals surface area contributed by atoms with E-state index in [9.17, 15) is 0 Å². The van der Waals surface area contributed by atoms with Crippen molar-refractivity contribution >= 4 is 115 Å². The molecule has 13 rings (SSSR count). The highest BCUT2D eigenvalue weighted by molar-refractivity contribution is 6.35. The van der Waals surface area contributed by atoms with E-state index in [1.54, 1.807) is 0 Å². The highest BCUT2D eigenvalue weighted by Gasteiger charge is 2.26. The van der Waals surface area contributed by atoms with Crippen LogP contribution >= 0.6 is 0 Å². The summed E-state index contributed by atoms with van der Waals surface area (Å²) in [5.41, 5.74) is 11.0. The molecule has 0 amide bonds. The average Bonchev–Trinajstić information content (AvgIpc) is 3.94. The first-order chi connectivity index (χ1) is 26.3. The van der Waals surface area contributed by atoms with Crippen molar-refractivity contribution in [2.24, 2.45) is 0 Å². The van der Waals surface area contributed by atoms with Crippen LogP contribution in [0.1, 0.15) is 0 Å². The highest BCUT2D eigenvalue weighted by atomic mass is 15.2. The average molecular weight is 672 g/mol. The van der Waals surface area contributed by atoms with Crippen molar-refractivity contribution in [2.75, 3.05) is 4.90 Å². The second-order valence-corrected chi connectivity index (χ2v) is 14.5. The van der Waals surface area contributed by atoms with Gasteiger partial charge in [0, 0.05) is 59.9 Å². The molecule has 244 valence electrons. The summed E-state index contributed by atoms with van der Waals surface area (Å²) in [6, 6.07) is 65.0. The first kappa shape index (κ1) is 27.6. The lowest BCUT2D eigenvalue weighted by atomic mass is 9.98. The molecular formula is C50H29N3. The van der Waals surface area contributed by atoms with Gasteiger partial charge in [0.1, 0.15) is 0 Å². The van der Waals surface area contributed by atoms with Crippen LogP contribution < -0.4 is 4.90 Å². The van der Waals surface area contributed by atoms with Gasteiger partial charge in [0.2, 0.25) is 0 Å². The smallest absolute Gasteiger partial charge is 0.0782 e. The summed E-state index contributed by atoms with van der Waals surface area (Å²) in [7, 11) is 0. The zero-order valence-electron chi connectivity index (χ0n) is 28.6. The number of hydrogen-bond acceptors (Lipinski definition) is 1. The molecule has 4 aromatic heterocycles. The predicted molar refractivity (Wildman–Crippen MR) is 225 cm³/mol. The van der Waals surface area contributed by atoms with Crippen molar-refractivity contribution in [2.45, 2.75) is 0 Å². The zero-order chi connectivity index (χ0) is 34.4. The van der Waals surface area contributed by atoms with E-state index in [1.165, 1.54) is 97.7 Å². The Hall–Kier alpha value is -7.10. The Morgan fingerprint density at radius 1 is 0.302 bits per heavy atom. The Bertz CT molecular complexity index is 3570. The van der Waals surface area contributed by atoms with Crippen LogP contribution in [0, 0.1) is 0 Å². The quantitative estimate of drug-likeness (QED) is 0.182. The van der Waals surface area contributed by atoms with E-state index in [0.717, 1.165) is 17.1 Å². The molecule has 9 aromatic carbocycles. The first-order valence-corrected chi connectivity index (χ1v) is 18.4. The van der Waals surface area contributed by atoms with Crippen LogP contribution in [0.4, 0.5) is 17.1 Å². The third-order valence-electron chi connectivity index (χ3n) is 11.9. The molecule has 0 N–H and O–H groups in total. The lowest BCUT2D eigenvalue weighted by Crippen LogP contribution is -2.10. The summed E-state index contributed by atoms with van der Waals surface area (Å²) in [6.07, 6.45) is 0. The topological polar surface area (TPSA) is 12.1 Å². The summed E-state index contributed by atoms with van der Waals surface area (Å²) in [5.74, 6) is 0. The van der Waals surface area contributed by atoms with Gasteiger partial charge in [-0.3, -0.25) is 0 Å². The van der Waals surface area contributed by atoms with Gasteiger partial charge in [-0.05, 0) is 64.7 Å². The summed E-state index contributed by atoms with van der Waals surface area (Å²) >= 11 is 0. The van der Waals surface area contributed by atoms with E-state index in [0.29, 0.717) is 0 Å². The van der Waals surface area contributed by atoms with Crippen LogP contribution in [-0.2, 0) is 0 Å². The second-order valence-electron chi connectivity index (χ2n) is 14.5. The molecule has 0 fully saturated rings. The third kappa shape index (κ3) is 3.40. The molecule has 0 aliphatic carbocycles. The minimum absolute atomic E-state index is 1.13. The molecule has 0 saturated heterocycles. The number of nitrogens with zero attached hydrogens (tertiary/aromatic N) is 3. The van der Waals surface area contributed by atoms with E-state index in [4.69, 9.17) is 0 Å². The number of aromatic nitrogens is 2. The minimum atomic E-state index is 1.13. The molecule has 0 spiro atoms. The molecule has 0 unspecified atom stereocenters. The molecule has 0 aliphatic rings. The van der Waals surface area contributed by atoms with Gasteiger partial charge in [0.05, 0.1) is 38.8 Å². The SMILES string of the molecule is c1ccc(N(c2ccccc2)c2cccc3c4cccc5c6cc7c(cc6n(c23)c54)c2c3ccccc3cc3c4ccc5ccccc5c4n7c32)cc1. The van der Waals surface area contributed by atoms with Gasteiger partial charge in [-0.2, -0.15) is 0 Å². The fraction of sp³-hybridized carbons (Fsp3) is 0. The maximum atomic E-state index is 2.58. The van der Waals surface area contributed by atoms with Crippen molar-refractivity contribution in [1.82, 2.24) is 8.80 Å². The molecule has 4 heterocycles. The van der Waals surface area contributed by atoms with Crippen LogP contribution in [0.15, 0.2) is 176 Å². The summed E-state index contributed by atoms with van der Waals surface area (Å²) in [5, 5.41) is 15.5. The van der Waals surface area contributed by atoms with Crippen LogP contribution in [0.3, 0.4) is 0 Å². The molecule has 0 bridgehead atoms. The second kappa shape index (κ2) is 9.81. The Morgan fingerprint density at radius 2 is 0.830 bits per heavy atom. The molecular weight excluding hydrogens is 643 g/mol. The summed E-state index contributed by atoms with van der Waals surface area (Å²) < 4.78 is 5.14. The van der Waals surface area contributed by atoms with Crippen LogP contribution in [0.25, 0.3) is 97.7 Å². The number of anilines is 3. The lowest BCUT2D eigenvalue weighted by Gasteiger charge is -2.26. The molecule has 3 heteroatoms. The number of para-hydroxylation sites is 4. The molecule has 3 nitrogen and oxygen atoms in total. The van der Waals surface area contributed by atoms with Crippen molar-refractivity contribution in [3.05, 3.63) is 176 Å². The van der Waals surface area contributed by atoms with Gasteiger partial charge in [0.25, 0.3) is 0 Å². The number of benzene rings is 9. The third-order valence-corrected chi connectivity index (χ3v) is 11.9. The maximum absolute atomic E-state index is 2.58. The highest BCUT2D eigenvalue weighted by Crippen LogP contribution is 2.49. The molecule has 0 aliphatic heterocycles. The van der Waals surface area contributed by atoms with E-state index in [-0.39, 0.29) is 0 Å². The van der Waals surface area contributed by atoms with Crippen molar-refractivity contribution < 1.29 is 0 Å². The number of hydrogen-bond donors (Lipinski definition) is 0. The lowest BCUT2D eigenvalue weighted by molar-refractivity contribution is 1.27. The van der Waals surface area contributed by atoms with Gasteiger partial charge < -0.3 is 13.7 Å². The Balaban J connectivity index is 1.26. The molecule has 0 saturated carbocycles. The van der Waals surface area contributed by atoms with Crippen molar-refractivity contribution in [3.8, 4) is 0 Å². The first-order valence-electron chi connectivity index (χ1n) is 18.4. The fourth-order valence-corrected chi connectivity index (χ4v) is 9.79. The molecule has 0 atom stereocenters. The largest absolute Gasteiger partial charge is 0.308 e. The molecule has 13 aromatic rings. The zero-order valence-corrected chi connectivity index (χ0v) is 28.6. The number of fused-ring (bicyclic) bond motifs is 16. The normalized spacial score (nSPS) is 12.5.